The number of aryl methyl sites for hydroxylation is 1. The van der Waals surface area contributed by atoms with Crippen molar-refractivity contribution in [3.05, 3.63) is 17.5 Å². The summed E-state index contributed by atoms with van der Waals surface area (Å²) in [5.74, 6) is 0. The van der Waals surface area contributed by atoms with E-state index in [4.69, 9.17) is 0 Å². The Morgan fingerprint density at radius 2 is 2.14 bits per heavy atom. The quantitative estimate of drug-likeness (QED) is 0.835. The molecular weight excluding hydrogens is 268 g/mol. The van der Waals surface area contributed by atoms with E-state index in [1.54, 1.807) is 18.7 Å². The van der Waals surface area contributed by atoms with Crippen LogP contribution in [0.25, 0.3) is 0 Å². The molecule has 0 saturated carbocycles. The summed E-state index contributed by atoms with van der Waals surface area (Å²) in [5, 5.41) is 17.0. The second-order valence-corrected chi connectivity index (χ2v) is 6.39. The Bertz CT molecular complexity index is 475. The summed E-state index contributed by atoms with van der Waals surface area (Å²) < 4.78 is 1.83. The minimum absolute atomic E-state index is 0.0385. The fourth-order valence-electron chi connectivity index (χ4n) is 2.10. The summed E-state index contributed by atoms with van der Waals surface area (Å²) in [6.07, 6.45) is 2.58. The van der Waals surface area contributed by atoms with Gasteiger partial charge < -0.3 is 15.3 Å². The first kappa shape index (κ1) is 17.5. The van der Waals surface area contributed by atoms with Gasteiger partial charge in [-0.2, -0.15) is 5.10 Å². The lowest BCUT2D eigenvalue weighted by molar-refractivity contribution is 0.0388. The number of amides is 2. The van der Waals surface area contributed by atoms with E-state index in [1.807, 2.05) is 38.7 Å². The Kier molecular flexibility index (Phi) is 5.78. The van der Waals surface area contributed by atoms with Gasteiger partial charge in [-0.25, -0.2) is 4.79 Å². The van der Waals surface area contributed by atoms with E-state index in [-0.39, 0.29) is 12.1 Å². The first-order valence-corrected chi connectivity index (χ1v) is 7.36. The number of nitrogens with zero attached hydrogens (tertiary/aromatic N) is 3. The number of carbonyl (C=O) groups excluding carboxylic acids is 1. The molecule has 0 aliphatic carbocycles. The zero-order valence-electron chi connectivity index (χ0n) is 14.0. The molecule has 2 amide bonds. The van der Waals surface area contributed by atoms with Gasteiger partial charge in [0.15, 0.2) is 0 Å². The molecule has 1 rings (SSSR count). The minimum Gasteiger partial charge on any atom is -0.389 e. The van der Waals surface area contributed by atoms with Gasteiger partial charge in [0, 0.05) is 25.3 Å². The van der Waals surface area contributed by atoms with Crippen LogP contribution >= 0.6 is 0 Å². The van der Waals surface area contributed by atoms with E-state index in [0.717, 1.165) is 17.7 Å². The lowest BCUT2D eigenvalue weighted by Crippen LogP contribution is -2.50. The Labute approximate surface area is 127 Å². The zero-order valence-corrected chi connectivity index (χ0v) is 14.0. The molecule has 0 radical (unpaired) electrons. The highest BCUT2D eigenvalue weighted by atomic mass is 16.3. The highest BCUT2D eigenvalue weighted by Gasteiger charge is 2.24. The number of hydrogen-bond acceptors (Lipinski definition) is 3. The van der Waals surface area contributed by atoms with Crippen molar-refractivity contribution in [3.8, 4) is 0 Å². The third-order valence-electron chi connectivity index (χ3n) is 3.45. The van der Waals surface area contributed by atoms with Crippen molar-refractivity contribution < 1.29 is 9.90 Å². The molecule has 0 spiro atoms. The molecular formula is C15H28N4O2. The van der Waals surface area contributed by atoms with Crippen molar-refractivity contribution in [2.45, 2.75) is 52.7 Å². The van der Waals surface area contributed by atoms with Gasteiger partial charge in [0.05, 0.1) is 18.3 Å². The fourth-order valence-corrected chi connectivity index (χ4v) is 2.10. The van der Waals surface area contributed by atoms with Crippen LogP contribution in [0.2, 0.25) is 0 Å². The number of aromatic nitrogens is 2. The average Bonchev–Trinajstić information content (AvgIpc) is 2.66. The van der Waals surface area contributed by atoms with Crippen LogP contribution in [0.3, 0.4) is 0 Å². The van der Waals surface area contributed by atoms with Crippen LogP contribution in [0.1, 0.15) is 39.0 Å². The van der Waals surface area contributed by atoms with Crippen molar-refractivity contribution >= 4 is 6.03 Å². The molecule has 1 aromatic heterocycles. The van der Waals surface area contributed by atoms with Gasteiger partial charge >= 0.3 is 6.03 Å². The molecule has 0 fully saturated rings. The third kappa shape index (κ3) is 5.38. The van der Waals surface area contributed by atoms with Gasteiger partial charge in [0.1, 0.15) is 0 Å². The van der Waals surface area contributed by atoms with Crippen molar-refractivity contribution in [1.29, 1.82) is 0 Å². The van der Waals surface area contributed by atoms with E-state index in [9.17, 15) is 9.90 Å². The molecule has 1 aromatic rings. The van der Waals surface area contributed by atoms with Gasteiger partial charge in [-0.1, -0.05) is 0 Å². The third-order valence-corrected chi connectivity index (χ3v) is 3.45. The molecule has 0 aliphatic heterocycles. The van der Waals surface area contributed by atoms with Crippen LogP contribution in [0, 0.1) is 6.92 Å². The molecule has 0 unspecified atom stereocenters. The van der Waals surface area contributed by atoms with Gasteiger partial charge in [0.25, 0.3) is 0 Å². The summed E-state index contributed by atoms with van der Waals surface area (Å²) in [5.41, 5.74) is 1.35. The Hall–Kier alpha value is -1.56. The number of carbonyl (C=O) groups is 1. The van der Waals surface area contributed by atoms with Crippen LogP contribution in [0.4, 0.5) is 4.79 Å². The molecule has 0 saturated heterocycles. The number of rotatable bonds is 6. The Morgan fingerprint density at radius 3 is 2.57 bits per heavy atom. The van der Waals surface area contributed by atoms with Gasteiger partial charge in [-0.15, -0.1) is 0 Å². The molecule has 120 valence electrons. The smallest absolute Gasteiger partial charge is 0.317 e. The molecule has 0 bridgehead atoms. The fraction of sp³-hybridized carbons (Fsp3) is 0.733. The maximum atomic E-state index is 12.2. The van der Waals surface area contributed by atoms with E-state index >= 15 is 0 Å². The maximum absolute atomic E-state index is 12.2. The summed E-state index contributed by atoms with van der Waals surface area (Å²) >= 11 is 0. The lowest BCUT2D eigenvalue weighted by atomic mass is 10.1. The topological polar surface area (TPSA) is 70.4 Å². The van der Waals surface area contributed by atoms with Gasteiger partial charge in [0.2, 0.25) is 0 Å². The lowest BCUT2D eigenvalue weighted by Gasteiger charge is -2.32. The van der Waals surface area contributed by atoms with E-state index in [0.29, 0.717) is 13.1 Å². The van der Waals surface area contributed by atoms with E-state index in [2.05, 4.69) is 10.4 Å². The molecule has 0 atom stereocenters. The SMILES string of the molecule is Cc1c(CCNC(=O)N(CC(C)(C)O)C(C)C)cnn1C. The largest absolute Gasteiger partial charge is 0.389 e. The highest BCUT2D eigenvalue weighted by Crippen LogP contribution is 2.09. The van der Waals surface area contributed by atoms with Crippen molar-refractivity contribution in [3.63, 3.8) is 0 Å². The number of aliphatic hydroxyl groups is 1. The number of nitrogens with one attached hydrogen (secondary N) is 1. The molecule has 6 heteroatoms. The molecule has 2 N–H and O–H groups in total. The van der Waals surface area contributed by atoms with Crippen LogP contribution in [0.15, 0.2) is 6.20 Å². The summed E-state index contributed by atoms with van der Waals surface area (Å²) in [6.45, 7) is 10.2. The second-order valence-electron chi connectivity index (χ2n) is 6.39. The van der Waals surface area contributed by atoms with Gasteiger partial charge in [-0.05, 0) is 46.6 Å². The maximum Gasteiger partial charge on any atom is 0.317 e. The van der Waals surface area contributed by atoms with Crippen LogP contribution in [0.5, 0.6) is 0 Å². The molecule has 0 aliphatic rings. The molecule has 1 heterocycles. The Balaban J connectivity index is 2.52. The van der Waals surface area contributed by atoms with Crippen LogP contribution in [-0.4, -0.2) is 50.6 Å². The minimum atomic E-state index is -0.901. The predicted molar refractivity (Wildman–Crippen MR) is 83.2 cm³/mol. The normalized spacial score (nSPS) is 11.8. The molecule has 21 heavy (non-hydrogen) atoms. The highest BCUT2D eigenvalue weighted by molar-refractivity contribution is 5.74. The predicted octanol–water partition coefficient (Wildman–Crippen LogP) is 1.46. The van der Waals surface area contributed by atoms with E-state index in [1.165, 1.54) is 0 Å². The zero-order chi connectivity index (χ0) is 16.2. The standard InChI is InChI=1S/C15H28N4O2/c1-11(2)19(10-15(4,5)21)14(20)16-8-7-13-9-17-18(6)12(13)3/h9,11,21H,7-8,10H2,1-6H3,(H,16,20). The summed E-state index contributed by atoms with van der Waals surface area (Å²) in [4.78, 5) is 13.9. The van der Waals surface area contributed by atoms with E-state index < -0.39 is 5.60 Å². The van der Waals surface area contributed by atoms with Crippen molar-refractivity contribution in [2.24, 2.45) is 7.05 Å². The van der Waals surface area contributed by atoms with Gasteiger partial charge in [-0.3, -0.25) is 4.68 Å². The van der Waals surface area contributed by atoms with Crippen molar-refractivity contribution in [2.75, 3.05) is 13.1 Å². The van der Waals surface area contributed by atoms with Crippen molar-refractivity contribution in [1.82, 2.24) is 20.0 Å². The van der Waals surface area contributed by atoms with Crippen LogP contribution < -0.4 is 5.32 Å². The Morgan fingerprint density at radius 1 is 1.52 bits per heavy atom. The molecule has 0 aromatic carbocycles. The first-order chi connectivity index (χ1) is 9.61. The number of hydrogen-bond donors (Lipinski definition) is 2. The second kappa shape index (κ2) is 6.93. The monoisotopic (exact) mass is 296 g/mol. The summed E-state index contributed by atoms with van der Waals surface area (Å²) in [7, 11) is 1.90. The first-order valence-electron chi connectivity index (χ1n) is 7.36. The average molecular weight is 296 g/mol. The number of urea groups is 1. The summed E-state index contributed by atoms with van der Waals surface area (Å²) in [6, 6.07) is -0.106. The van der Waals surface area contributed by atoms with Crippen LogP contribution in [-0.2, 0) is 13.5 Å². The molecule has 6 nitrogen and oxygen atoms in total.